The van der Waals surface area contributed by atoms with Crippen molar-refractivity contribution >= 4 is 17.8 Å². The number of hydroxylamine groups is 2. The van der Waals surface area contributed by atoms with Crippen LogP contribution in [0.25, 0.3) is 0 Å². The quantitative estimate of drug-likeness (QED) is 0.812. The Labute approximate surface area is 128 Å². The summed E-state index contributed by atoms with van der Waals surface area (Å²) in [6.07, 6.45) is -1.90. The molecule has 1 aliphatic heterocycles. The largest absolute Gasteiger partial charge is 0.366 e. The van der Waals surface area contributed by atoms with E-state index in [2.05, 4.69) is 4.98 Å². The minimum absolute atomic E-state index is 0.0746. The molecule has 0 saturated heterocycles. The van der Waals surface area contributed by atoms with Gasteiger partial charge in [-0.05, 0) is 24.3 Å². The van der Waals surface area contributed by atoms with Crippen molar-refractivity contribution in [1.29, 1.82) is 0 Å². The molecule has 0 atom stereocenters. The molecule has 2 heterocycles. The second-order valence-electron chi connectivity index (χ2n) is 4.57. The summed E-state index contributed by atoms with van der Waals surface area (Å²) in [5, 5.41) is 0.259. The van der Waals surface area contributed by atoms with Crippen molar-refractivity contribution in [2.45, 2.75) is 6.43 Å². The maximum Gasteiger partial charge on any atom is 0.366 e. The smallest absolute Gasteiger partial charge is 0.324 e. The van der Waals surface area contributed by atoms with E-state index < -0.39 is 35.5 Å². The third kappa shape index (κ3) is 2.44. The highest BCUT2D eigenvalue weighted by Crippen LogP contribution is 2.25. The van der Waals surface area contributed by atoms with Gasteiger partial charge in [0, 0.05) is 6.20 Å². The molecular formula is C15H8F2N2O4. The molecule has 1 aromatic carbocycles. The first-order valence-electron chi connectivity index (χ1n) is 6.44. The van der Waals surface area contributed by atoms with Crippen molar-refractivity contribution in [3.05, 3.63) is 65.0 Å². The van der Waals surface area contributed by atoms with E-state index in [0.717, 1.165) is 12.3 Å². The van der Waals surface area contributed by atoms with Gasteiger partial charge in [-0.2, -0.15) is 0 Å². The normalized spacial score (nSPS) is 13.4. The summed E-state index contributed by atoms with van der Waals surface area (Å²) in [6.45, 7) is 0. The van der Waals surface area contributed by atoms with Crippen LogP contribution in [0.4, 0.5) is 8.78 Å². The van der Waals surface area contributed by atoms with Crippen molar-refractivity contribution in [2.75, 3.05) is 0 Å². The van der Waals surface area contributed by atoms with Gasteiger partial charge in [-0.3, -0.25) is 14.6 Å². The minimum Gasteiger partial charge on any atom is -0.324 e. The van der Waals surface area contributed by atoms with Crippen LogP contribution in [0.15, 0.2) is 42.6 Å². The Kier molecular flexibility index (Phi) is 3.57. The van der Waals surface area contributed by atoms with E-state index in [0.29, 0.717) is 0 Å². The zero-order valence-electron chi connectivity index (χ0n) is 11.4. The molecule has 0 aliphatic carbocycles. The lowest BCUT2D eigenvalue weighted by Crippen LogP contribution is -2.33. The van der Waals surface area contributed by atoms with E-state index in [1.807, 2.05) is 0 Å². The molecule has 0 fully saturated rings. The Morgan fingerprint density at radius 1 is 1.04 bits per heavy atom. The van der Waals surface area contributed by atoms with Gasteiger partial charge >= 0.3 is 5.97 Å². The van der Waals surface area contributed by atoms with Crippen molar-refractivity contribution in [1.82, 2.24) is 10.0 Å². The molecule has 1 aliphatic rings. The van der Waals surface area contributed by atoms with Crippen molar-refractivity contribution in [2.24, 2.45) is 0 Å². The highest BCUT2D eigenvalue weighted by molar-refractivity contribution is 6.21. The number of imide groups is 1. The zero-order chi connectivity index (χ0) is 16.6. The Morgan fingerprint density at radius 2 is 1.65 bits per heavy atom. The number of hydrogen-bond acceptors (Lipinski definition) is 5. The van der Waals surface area contributed by atoms with E-state index >= 15 is 0 Å². The first-order chi connectivity index (χ1) is 11.0. The summed E-state index contributed by atoms with van der Waals surface area (Å²) in [5.74, 6) is -2.93. The lowest BCUT2D eigenvalue weighted by molar-refractivity contribution is -0.0587. The van der Waals surface area contributed by atoms with Crippen LogP contribution in [0.2, 0.25) is 0 Å². The fourth-order valence-corrected chi connectivity index (χ4v) is 2.15. The van der Waals surface area contributed by atoms with Gasteiger partial charge in [0.1, 0.15) is 5.69 Å². The van der Waals surface area contributed by atoms with Crippen LogP contribution >= 0.6 is 0 Å². The Morgan fingerprint density at radius 3 is 2.22 bits per heavy atom. The summed E-state index contributed by atoms with van der Waals surface area (Å²) >= 11 is 0. The lowest BCUT2D eigenvalue weighted by atomic mass is 10.1. The number of rotatable bonds is 3. The van der Waals surface area contributed by atoms with Gasteiger partial charge < -0.3 is 4.84 Å². The van der Waals surface area contributed by atoms with Gasteiger partial charge in [-0.15, -0.1) is 0 Å². The molecule has 2 aromatic rings. The number of alkyl halides is 2. The van der Waals surface area contributed by atoms with E-state index in [1.165, 1.54) is 18.2 Å². The highest BCUT2D eigenvalue weighted by atomic mass is 19.3. The van der Waals surface area contributed by atoms with Gasteiger partial charge in [0.2, 0.25) is 0 Å². The fourth-order valence-electron chi connectivity index (χ4n) is 2.15. The van der Waals surface area contributed by atoms with Crippen LogP contribution in [0, 0.1) is 0 Å². The van der Waals surface area contributed by atoms with Gasteiger partial charge in [-0.25, -0.2) is 13.6 Å². The van der Waals surface area contributed by atoms with Crippen molar-refractivity contribution in [3.8, 4) is 0 Å². The molecule has 0 radical (unpaired) electrons. The molecule has 116 valence electrons. The Hall–Kier alpha value is -3.16. The zero-order valence-corrected chi connectivity index (χ0v) is 11.4. The molecule has 0 saturated carbocycles. The van der Waals surface area contributed by atoms with Gasteiger partial charge in [0.25, 0.3) is 18.2 Å². The molecule has 0 unspecified atom stereocenters. The van der Waals surface area contributed by atoms with Crippen LogP contribution in [0.3, 0.4) is 0 Å². The molecule has 0 bridgehead atoms. The standard InChI is InChI=1S/C15H8F2N2O4/c16-12(17)11-10(6-3-7-18-11)15(22)23-19-13(20)8-4-1-2-5-9(8)14(19)21/h1-7,12H. The maximum absolute atomic E-state index is 12.9. The number of amides is 2. The number of hydrogen-bond donors (Lipinski definition) is 0. The number of nitrogens with zero attached hydrogens (tertiary/aromatic N) is 2. The average Bonchev–Trinajstić information content (AvgIpc) is 2.80. The second-order valence-corrected chi connectivity index (χ2v) is 4.57. The summed E-state index contributed by atoms with van der Waals surface area (Å²) in [4.78, 5) is 44.3. The number of pyridine rings is 1. The van der Waals surface area contributed by atoms with Gasteiger partial charge in [0.05, 0.1) is 16.7 Å². The van der Waals surface area contributed by atoms with E-state index in [-0.39, 0.29) is 16.2 Å². The number of carbonyl (C=O) groups is 3. The molecule has 0 spiro atoms. The number of halogens is 2. The molecular weight excluding hydrogens is 310 g/mol. The minimum atomic E-state index is -3.00. The van der Waals surface area contributed by atoms with E-state index in [9.17, 15) is 23.2 Å². The molecule has 0 N–H and O–H groups in total. The molecule has 1 aromatic heterocycles. The van der Waals surface area contributed by atoms with Gasteiger partial charge in [-0.1, -0.05) is 17.2 Å². The van der Waals surface area contributed by atoms with Gasteiger partial charge in [0.15, 0.2) is 0 Å². The third-order valence-corrected chi connectivity index (χ3v) is 3.20. The number of carbonyl (C=O) groups excluding carboxylic acids is 3. The Bertz CT molecular complexity index is 788. The summed E-state index contributed by atoms with van der Waals surface area (Å²) in [5.41, 5.74) is -1.15. The van der Waals surface area contributed by atoms with Crippen LogP contribution in [-0.4, -0.2) is 27.8 Å². The summed E-state index contributed by atoms with van der Waals surface area (Å²) < 4.78 is 25.7. The third-order valence-electron chi connectivity index (χ3n) is 3.20. The number of fused-ring (bicyclic) bond motifs is 1. The summed E-state index contributed by atoms with van der Waals surface area (Å²) in [7, 11) is 0. The van der Waals surface area contributed by atoms with Crippen molar-refractivity contribution < 1.29 is 28.0 Å². The lowest BCUT2D eigenvalue weighted by Gasteiger charge is -2.13. The van der Waals surface area contributed by atoms with E-state index in [4.69, 9.17) is 4.84 Å². The molecule has 2 amide bonds. The SMILES string of the molecule is O=C(ON1C(=O)c2ccccc2C1=O)c1cccnc1C(F)F. The first kappa shape index (κ1) is 14.8. The van der Waals surface area contributed by atoms with Crippen LogP contribution in [0.5, 0.6) is 0 Å². The first-order valence-corrected chi connectivity index (χ1v) is 6.44. The van der Waals surface area contributed by atoms with Crippen LogP contribution in [-0.2, 0) is 4.84 Å². The molecule has 6 nitrogen and oxygen atoms in total. The van der Waals surface area contributed by atoms with Crippen LogP contribution < -0.4 is 0 Å². The Balaban J connectivity index is 1.88. The topological polar surface area (TPSA) is 76.6 Å². The number of benzene rings is 1. The second kappa shape index (κ2) is 5.56. The fraction of sp³-hybridized carbons (Fsp3) is 0.0667. The summed E-state index contributed by atoms with van der Waals surface area (Å²) in [6, 6.07) is 8.24. The van der Waals surface area contributed by atoms with Crippen molar-refractivity contribution in [3.63, 3.8) is 0 Å². The molecule has 23 heavy (non-hydrogen) atoms. The predicted molar refractivity (Wildman–Crippen MR) is 71.6 cm³/mol. The maximum atomic E-state index is 12.9. The highest BCUT2D eigenvalue weighted by Gasteiger charge is 2.39. The monoisotopic (exact) mass is 318 g/mol. The molecule has 3 rings (SSSR count). The van der Waals surface area contributed by atoms with Crippen LogP contribution in [0.1, 0.15) is 43.2 Å². The molecule has 8 heteroatoms. The predicted octanol–water partition coefficient (Wildman–Crippen LogP) is 2.39. The number of aromatic nitrogens is 1. The van der Waals surface area contributed by atoms with E-state index in [1.54, 1.807) is 12.1 Å². The average molecular weight is 318 g/mol.